The summed E-state index contributed by atoms with van der Waals surface area (Å²) in [6.45, 7) is 0.794. The number of nitrogens with zero attached hydrogens (tertiary/aromatic N) is 2. The second-order valence-corrected chi connectivity index (χ2v) is 11.9. The van der Waals surface area contributed by atoms with Crippen molar-refractivity contribution in [3.05, 3.63) is 163 Å². The maximum Gasteiger partial charge on any atom is 0.160 e. The molecule has 3 heteroatoms. The Morgan fingerprint density at radius 1 is 0.478 bits per heavy atom. The Morgan fingerprint density at radius 2 is 1.09 bits per heavy atom. The monoisotopic (exact) mass is 587 g/mol. The predicted molar refractivity (Wildman–Crippen MR) is 193 cm³/mol. The van der Waals surface area contributed by atoms with Gasteiger partial charge in [-0.25, -0.2) is 9.97 Å². The normalized spacial score (nSPS) is 12.9. The lowest BCUT2D eigenvalue weighted by molar-refractivity contribution is 0.995. The van der Waals surface area contributed by atoms with E-state index in [1.807, 2.05) is 12.1 Å². The van der Waals surface area contributed by atoms with Crippen LogP contribution in [0.4, 0.5) is 0 Å². The largest absolute Gasteiger partial charge is 0.381 e. The van der Waals surface area contributed by atoms with Gasteiger partial charge in [-0.15, -0.1) is 0 Å². The van der Waals surface area contributed by atoms with Crippen molar-refractivity contribution < 1.29 is 0 Å². The van der Waals surface area contributed by atoms with Crippen LogP contribution in [0.25, 0.3) is 83.0 Å². The van der Waals surface area contributed by atoms with E-state index in [0.717, 1.165) is 51.4 Å². The fraction of sp³-hybridized carbons (Fsp3) is 0.0233. The van der Waals surface area contributed by atoms with Crippen LogP contribution >= 0.6 is 0 Å². The SMILES string of the molecule is C1=CCNC(c2cc(-c3nc(-c4ccccc4)cc(-c4ccccc4)n3)cc(-c3ccc4ccc5cccc6ccc3c4c56)c2)=C1. The zero-order valence-corrected chi connectivity index (χ0v) is 25.1. The summed E-state index contributed by atoms with van der Waals surface area (Å²) in [5, 5.41) is 11.3. The number of nitrogens with one attached hydrogen (secondary N) is 1. The highest BCUT2D eigenvalue weighted by Gasteiger charge is 2.17. The van der Waals surface area contributed by atoms with Crippen LogP contribution in [0.15, 0.2) is 158 Å². The van der Waals surface area contributed by atoms with E-state index in [2.05, 4.69) is 151 Å². The van der Waals surface area contributed by atoms with Crippen LogP contribution in [-0.4, -0.2) is 16.5 Å². The van der Waals surface area contributed by atoms with E-state index >= 15 is 0 Å². The molecule has 0 amide bonds. The van der Waals surface area contributed by atoms with Crippen LogP contribution in [-0.2, 0) is 0 Å². The molecule has 0 unspecified atom stereocenters. The number of benzene rings is 7. The highest BCUT2D eigenvalue weighted by molar-refractivity contribution is 6.25. The minimum absolute atomic E-state index is 0.702. The lowest BCUT2D eigenvalue weighted by atomic mass is 9.88. The molecule has 0 radical (unpaired) electrons. The van der Waals surface area contributed by atoms with Crippen molar-refractivity contribution in [1.29, 1.82) is 0 Å². The molecule has 0 bridgehead atoms. The van der Waals surface area contributed by atoms with Gasteiger partial charge in [0.15, 0.2) is 5.82 Å². The molecule has 1 aliphatic heterocycles. The van der Waals surface area contributed by atoms with Gasteiger partial charge in [-0.1, -0.05) is 127 Å². The number of dihydropyridines is 1. The smallest absolute Gasteiger partial charge is 0.160 e. The fourth-order valence-corrected chi connectivity index (χ4v) is 6.80. The average Bonchev–Trinajstić information content (AvgIpc) is 3.14. The number of rotatable bonds is 5. The lowest BCUT2D eigenvalue weighted by Gasteiger charge is -2.18. The third kappa shape index (κ3) is 4.53. The second-order valence-electron chi connectivity index (χ2n) is 11.9. The molecule has 46 heavy (non-hydrogen) atoms. The second kappa shape index (κ2) is 10.8. The van der Waals surface area contributed by atoms with Crippen LogP contribution in [0.3, 0.4) is 0 Å². The van der Waals surface area contributed by atoms with Gasteiger partial charge in [-0.05, 0) is 79.3 Å². The minimum Gasteiger partial charge on any atom is -0.381 e. The Morgan fingerprint density at radius 3 is 1.76 bits per heavy atom. The van der Waals surface area contributed by atoms with Crippen molar-refractivity contribution in [3.63, 3.8) is 0 Å². The predicted octanol–water partition coefficient (Wildman–Crippen LogP) is 10.5. The molecular formula is C43H29N3. The Bertz CT molecular complexity index is 2380. The van der Waals surface area contributed by atoms with Crippen LogP contribution in [0, 0.1) is 0 Å². The molecule has 0 atom stereocenters. The first-order valence-electron chi connectivity index (χ1n) is 15.7. The van der Waals surface area contributed by atoms with E-state index in [9.17, 15) is 0 Å². The Balaban J connectivity index is 1.30. The van der Waals surface area contributed by atoms with Crippen molar-refractivity contribution in [2.75, 3.05) is 6.54 Å². The summed E-state index contributed by atoms with van der Waals surface area (Å²) >= 11 is 0. The molecular weight excluding hydrogens is 558 g/mol. The van der Waals surface area contributed by atoms with Gasteiger partial charge in [0.2, 0.25) is 0 Å². The molecule has 216 valence electrons. The fourth-order valence-electron chi connectivity index (χ4n) is 6.80. The highest BCUT2D eigenvalue weighted by Crippen LogP contribution is 2.41. The van der Waals surface area contributed by atoms with E-state index in [0.29, 0.717) is 5.82 Å². The van der Waals surface area contributed by atoms with E-state index in [-0.39, 0.29) is 0 Å². The van der Waals surface area contributed by atoms with Crippen molar-refractivity contribution in [3.8, 4) is 45.0 Å². The van der Waals surface area contributed by atoms with Crippen molar-refractivity contribution >= 4 is 38.0 Å². The summed E-state index contributed by atoms with van der Waals surface area (Å²) in [5.41, 5.74) is 9.44. The summed E-state index contributed by atoms with van der Waals surface area (Å²) in [7, 11) is 0. The van der Waals surface area contributed by atoms with Gasteiger partial charge in [0.1, 0.15) is 0 Å². The van der Waals surface area contributed by atoms with E-state index in [1.165, 1.54) is 37.9 Å². The molecule has 0 saturated carbocycles. The minimum atomic E-state index is 0.702. The van der Waals surface area contributed by atoms with Crippen LogP contribution in [0.2, 0.25) is 0 Å². The number of hydrogen-bond donors (Lipinski definition) is 1. The lowest BCUT2D eigenvalue weighted by Crippen LogP contribution is -2.14. The van der Waals surface area contributed by atoms with Crippen LogP contribution in [0.5, 0.6) is 0 Å². The van der Waals surface area contributed by atoms with Crippen LogP contribution < -0.4 is 5.32 Å². The van der Waals surface area contributed by atoms with Crippen LogP contribution in [0.1, 0.15) is 5.56 Å². The van der Waals surface area contributed by atoms with E-state index in [1.54, 1.807) is 0 Å². The number of aromatic nitrogens is 2. The van der Waals surface area contributed by atoms with Gasteiger partial charge >= 0.3 is 0 Å². The van der Waals surface area contributed by atoms with Gasteiger partial charge in [0.05, 0.1) is 11.4 Å². The first-order chi connectivity index (χ1) is 22.8. The highest BCUT2D eigenvalue weighted by atomic mass is 14.9. The summed E-state index contributed by atoms with van der Waals surface area (Å²) in [6, 6.07) is 49.7. The molecule has 9 rings (SSSR count). The molecule has 3 nitrogen and oxygen atoms in total. The van der Waals surface area contributed by atoms with E-state index in [4.69, 9.17) is 9.97 Å². The Hall–Kier alpha value is -6.06. The van der Waals surface area contributed by atoms with Crippen molar-refractivity contribution in [2.24, 2.45) is 0 Å². The quantitative estimate of drug-likeness (QED) is 0.204. The van der Waals surface area contributed by atoms with Gasteiger partial charge in [0, 0.05) is 28.9 Å². The van der Waals surface area contributed by atoms with Gasteiger partial charge in [0.25, 0.3) is 0 Å². The topological polar surface area (TPSA) is 37.8 Å². The molecule has 0 spiro atoms. The molecule has 1 aromatic heterocycles. The molecule has 0 fully saturated rings. The molecule has 1 aliphatic rings. The maximum atomic E-state index is 5.18. The summed E-state index contributed by atoms with van der Waals surface area (Å²) in [6.07, 6.45) is 6.40. The molecule has 8 aromatic rings. The third-order valence-corrected chi connectivity index (χ3v) is 9.02. The first kappa shape index (κ1) is 26.4. The van der Waals surface area contributed by atoms with Crippen molar-refractivity contribution in [1.82, 2.24) is 15.3 Å². The zero-order chi connectivity index (χ0) is 30.5. The summed E-state index contributed by atoms with van der Waals surface area (Å²) < 4.78 is 0. The summed E-state index contributed by atoms with van der Waals surface area (Å²) in [5.74, 6) is 0.702. The van der Waals surface area contributed by atoms with Crippen molar-refractivity contribution in [2.45, 2.75) is 0 Å². The molecule has 7 aromatic carbocycles. The average molecular weight is 588 g/mol. The van der Waals surface area contributed by atoms with Gasteiger partial charge in [-0.3, -0.25) is 0 Å². The zero-order valence-electron chi connectivity index (χ0n) is 25.1. The maximum absolute atomic E-state index is 5.18. The Kier molecular flexibility index (Phi) is 6.20. The molecule has 0 saturated heterocycles. The number of hydrogen-bond acceptors (Lipinski definition) is 3. The standard InChI is InChI=1S/C43H29N3/c1-3-10-28(11-4-1)39-27-40(29-12-5-2-6-13-29)46-43(45-39)35-25-33(24-34(26-35)38-16-7-8-23-44-38)36-21-19-32-18-17-30-14-9-15-31-20-22-37(36)42(32)41(30)31/h1-22,24-27,44H,23H2. The number of allylic oxidation sites excluding steroid dienone is 2. The molecule has 1 N–H and O–H groups in total. The molecule has 2 heterocycles. The molecule has 0 aliphatic carbocycles. The van der Waals surface area contributed by atoms with E-state index < -0.39 is 0 Å². The Labute approximate surface area is 267 Å². The van der Waals surface area contributed by atoms with Gasteiger partial charge < -0.3 is 5.32 Å². The third-order valence-electron chi connectivity index (χ3n) is 9.02. The first-order valence-corrected chi connectivity index (χ1v) is 15.7. The van der Waals surface area contributed by atoms with Gasteiger partial charge in [-0.2, -0.15) is 0 Å². The summed E-state index contributed by atoms with van der Waals surface area (Å²) in [4.78, 5) is 10.4.